The van der Waals surface area contributed by atoms with Gasteiger partial charge in [-0.3, -0.25) is 14.5 Å². The molecule has 29 heavy (non-hydrogen) atoms. The van der Waals surface area contributed by atoms with Crippen LogP contribution in [0.2, 0.25) is 5.02 Å². The van der Waals surface area contributed by atoms with Gasteiger partial charge in [-0.1, -0.05) is 23.7 Å². The van der Waals surface area contributed by atoms with Gasteiger partial charge in [-0.2, -0.15) is 0 Å². The molecular formula is C19H20ClN3O5S. The van der Waals surface area contributed by atoms with Crippen LogP contribution in [-0.2, 0) is 19.1 Å². The first-order valence-corrected chi connectivity index (χ1v) is 10.3. The number of amides is 2. The third-order valence-corrected chi connectivity index (χ3v) is 7.22. The van der Waals surface area contributed by atoms with Crippen LogP contribution in [-0.4, -0.2) is 56.7 Å². The number of anilines is 1. The molecule has 0 saturated carbocycles. The minimum Gasteiger partial charge on any atom is -0.480 e. The minimum absolute atomic E-state index is 0.134. The van der Waals surface area contributed by atoms with Crippen molar-refractivity contribution in [2.75, 3.05) is 11.6 Å². The predicted octanol–water partition coefficient (Wildman–Crippen LogP) is 2.00. The van der Waals surface area contributed by atoms with E-state index in [4.69, 9.17) is 16.3 Å². The van der Waals surface area contributed by atoms with Gasteiger partial charge in [0.05, 0.1) is 10.7 Å². The molecule has 0 unspecified atom stereocenters. The Labute approximate surface area is 176 Å². The maximum Gasteiger partial charge on any atom is 0.327 e. The third kappa shape index (κ3) is 3.03. The fourth-order valence-electron chi connectivity index (χ4n) is 3.98. The summed E-state index contributed by atoms with van der Waals surface area (Å²) in [7, 11) is 0. The van der Waals surface area contributed by atoms with Crippen molar-refractivity contribution < 1.29 is 24.2 Å². The Morgan fingerprint density at radius 1 is 1.34 bits per heavy atom. The number of carboxylic acid groups (broad SMARTS) is 1. The zero-order chi connectivity index (χ0) is 21.1. The van der Waals surface area contributed by atoms with E-state index in [0.717, 1.165) is 0 Å². The number of hydrogen-bond donors (Lipinski definition) is 2. The highest BCUT2D eigenvalue weighted by Crippen LogP contribution is 2.50. The molecule has 4 rings (SSSR count). The molecule has 3 heterocycles. The molecule has 0 spiro atoms. The second kappa shape index (κ2) is 6.84. The molecule has 2 saturated heterocycles. The van der Waals surface area contributed by atoms with E-state index in [2.05, 4.69) is 5.32 Å². The zero-order valence-electron chi connectivity index (χ0n) is 16.0. The molecule has 10 heteroatoms. The number of β-lactam (4-membered cyclic amide) rings is 1. The van der Waals surface area contributed by atoms with Crippen molar-refractivity contribution in [3.8, 4) is 0 Å². The van der Waals surface area contributed by atoms with Crippen molar-refractivity contribution in [2.45, 2.75) is 43.0 Å². The molecule has 3 aliphatic rings. The highest BCUT2D eigenvalue weighted by atomic mass is 35.5. The maximum absolute atomic E-state index is 13.0. The lowest BCUT2D eigenvalue weighted by atomic mass is 9.96. The number of ether oxygens (including phenoxy) is 1. The Bertz CT molecular complexity index is 950. The van der Waals surface area contributed by atoms with Gasteiger partial charge in [0.1, 0.15) is 28.9 Å². The number of nitrogens with one attached hydrogen (secondary N) is 1. The van der Waals surface area contributed by atoms with Crippen molar-refractivity contribution in [2.24, 2.45) is 0 Å². The monoisotopic (exact) mass is 437 g/mol. The molecule has 1 aromatic rings. The van der Waals surface area contributed by atoms with E-state index in [1.807, 2.05) is 0 Å². The number of thioether (sulfide) groups is 1. The summed E-state index contributed by atoms with van der Waals surface area (Å²) >= 11 is 7.65. The molecule has 0 radical (unpaired) electrons. The van der Waals surface area contributed by atoms with Crippen LogP contribution in [0.25, 0.3) is 0 Å². The largest absolute Gasteiger partial charge is 0.480 e. The number of allylic oxidation sites excluding steroid dienone is 1. The number of para-hydroxylation sites is 1. The Kier molecular flexibility index (Phi) is 4.70. The summed E-state index contributed by atoms with van der Waals surface area (Å²) in [6, 6.07) is 5.38. The number of halogens is 1. The Hall–Kier alpha value is -2.39. The number of hydrogen-bond acceptors (Lipinski definition) is 6. The SMILES string of the molecule is CC1=C(C(=O)N[C@@H]2C(=O)N3[C@H]2SC(C)(C)[C@H]3C(=O)O)N(c2ccccc2Cl)CO1. The number of benzene rings is 1. The number of rotatable bonds is 4. The van der Waals surface area contributed by atoms with Crippen LogP contribution >= 0.6 is 23.4 Å². The van der Waals surface area contributed by atoms with E-state index in [-0.39, 0.29) is 12.4 Å². The van der Waals surface area contributed by atoms with Crippen LogP contribution in [0.4, 0.5) is 5.69 Å². The lowest BCUT2D eigenvalue weighted by Gasteiger charge is -2.43. The molecule has 154 valence electrons. The number of nitrogens with zero attached hydrogens (tertiary/aromatic N) is 2. The molecule has 2 amide bonds. The molecular weight excluding hydrogens is 418 g/mol. The molecule has 2 N–H and O–H groups in total. The summed E-state index contributed by atoms with van der Waals surface area (Å²) in [5, 5.41) is 12.3. The minimum atomic E-state index is -1.05. The van der Waals surface area contributed by atoms with E-state index >= 15 is 0 Å². The fraction of sp³-hybridized carbons (Fsp3) is 0.421. The van der Waals surface area contributed by atoms with Gasteiger partial charge in [0.2, 0.25) is 5.91 Å². The first-order chi connectivity index (χ1) is 13.6. The first-order valence-electron chi connectivity index (χ1n) is 9.03. The normalized spacial score (nSPS) is 27.4. The Balaban J connectivity index is 1.54. The predicted molar refractivity (Wildman–Crippen MR) is 108 cm³/mol. The van der Waals surface area contributed by atoms with Crippen molar-refractivity contribution >= 4 is 46.8 Å². The molecule has 1 aromatic carbocycles. The number of carboxylic acids is 1. The van der Waals surface area contributed by atoms with E-state index in [0.29, 0.717) is 16.5 Å². The number of carbonyl (C=O) groups excluding carboxylic acids is 2. The molecule has 3 aliphatic heterocycles. The smallest absolute Gasteiger partial charge is 0.327 e. The average molecular weight is 438 g/mol. The highest BCUT2D eigenvalue weighted by molar-refractivity contribution is 8.01. The van der Waals surface area contributed by atoms with Crippen LogP contribution in [0.3, 0.4) is 0 Å². The van der Waals surface area contributed by atoms with Gasteiger partial charge in [0.25, 0.3) is 5.91 Å². The lowest BCUT2D eigenvalue weighted by Crippen LogP contribution is -2.70. The fourth-order valence-corrected chi connectivity index (χ4v) is 5.85. The topological polar surface area (TPSA) is 99.2 Å². The second-order valence-corrected chi connectivity index (χ2v) is 9.79. The first kappa shape index (κ1) is 19.9. The van der Waals surface area contributed by atoms with Gasteiger partial charge in [0, 0.05) is 4.75 Å². The summed E-state index contributed by atoms with van der Waals surface area (Å²) in [6.07, 6.45) is 0. The Morgan fingerprint density at radius 3 is 2.69 bits per heavy atom. The number of aliphatic carboxylic acids is 1. The number of carbonyl (C=O) groups is 3. The van der Waals surface area contributed by atoms with E-state index in [1.165, 1.54) is 16.7 Å². The van der Waals surface area contributed by atoms with Gasteiger partial charge in [0.15, 0.2) is 6.73 Å². The number of fused-ring (bicyclic) bond motifs is 1. The lowest BCUT2D eigenvalue weighted by molar-refractivity contribution is -0.160. The summed E-state index contributed by atoms with van der Waals surface area (Å²) in [4.78, 5) is 40.3. The maximum atomic E-state index is 13.0. The van der Waals surface area contributed by atoms with E-state index in [1.54, 1.807) is 49.9 Å². The van der Waals surface area contributed by atoms with Gasteiger partial charge in [-0.25, -0.2) is 4.79 Å². The molecule has 8 nitrogen and oxygen atoms in total. The van der Waals surface area contributed by atoms with Crippen LogP contribution < -0.4 is 10.2 Å². The van der Waals surface area contributed by atoms with Gasteiger partial charge in [-0.15, -0.1) is 11.8 Å². The Morgan fingerprint density at radius 2 is 2.03 bits per heavy atom. The second-order valence-electron chi connectivity index (χ2n) is 7.61. The van der Waals surface area contributed by atoms with Crippen molar-refractivity contribution in [3.63, 3.8) is 0 Å². The summed E-state index contributed by atoms with van der Waals surface area (Å²) in [6.45, 7) is 5.39. The van der Waals surface area contributed by atoms with Gasteiger partial charge in [-0.05, 0) is 32.9 Å². The molecule has 2 fully saturated rings. The zero-order valence-corrected chi connectivity index (χ0v) is 17.6. The molecule has 3 atom stereocenters. The van der Waals surface area contributed by atoms with Crippen molar-refractivity contribution in [1.29, 1.82) is 0 Å². The van der Waals surface area contributed by atoms with E-state index < -0.39 is 40.0 Å². The van der Waals surface area contributed by atoms with Crippen molar-refractivity contribution in [3.05, 3.63) is 40.7 Å². The molecule has 0 aromatic heterocycles. The molecule has 0 aliphatic carbocycles. The highest BCUT2D eigenvalue weighted by Gasteiger charge is 2.64. The van der Waals surface area contributed by atoms with Crippen LogP contribution in [0, 0.1) is 0 Å². The summed E-state index contributed by atoms with van der Waals surface area (Å²) in [5.74, 6) is -1.48. The summed E-state index contributed by atoms with van der Waals surface area (Å²) in [5.41, 5.74) is 0.904. The van der Waals surface area contributed by atoms with Crippen LogP contribution in [0.5, 0.6) is 0 Å². The quantitative estimate of drug-likeness (QED) is 0.695. The van der Waals surface area contributed by atoms with E-state index in [9.17, 15) is 19.5 Å². The van der Waals surface area contributed by atoms with Crippen LogP contribution in [0.15, 0.2) is 35.7 Å². The third-order valence-electron chi connectivity index (χ3n) is 5.33. The van der Waals surface area contributed by atoms with Gasteiger partial charge >= 0.3 is 5.97 Å². The van der Waals surface area contributed by atoms with Crippen LogP contribution in [0.1, 0.15) is 20.8 Å². The van der Waals surface area contributed by atoms with Gasteiger partial charge < -0.3 is 20.1 Å². The summed E-state index contributed by atoms with van der Waals surface area (Å²) < 4.78 is 4.89. The molecule has 0 bridgehead atoms. The van der Waals surface area contributed by atoms with Crippen molar-refractivity contribution in [1.82, 2.24) is 10.2 Å². The average Bonchev–Trinajstić information content (AvgIpc) is 3.15. The standard InChI is InChI=1S/C19H20ClN3O5S/c1-9-13(22(8-28-9)11-7-5-4-6-10(11)20)15(24)21-12-16(25)23-14(18(26)27)19(2,3)29-17(12)23/h4-7,12,14,17H,8H2,1-3H3,(H,21,24)(H,26,27)/t12-,14-,17+/m1/s1.